The Morgan fingerprint density at radius 1 is 0.942 bits per heavy atom. The van der Waals surface area contributed by atoms with Gasteiger partial charge in [0.1, 0.15) is 22.3 Å². The molecule has 4 heterocycles. The number of nitrogens with zero attached hydrogens (tertiary/aromatic N) is 6. The van der Waals surface area contributed by atoms with Crippen molar-refractivity contribution in [1.29, 1.82) is 0 Å². The highest BCUT2D eigenvalue weighted by Crippen LogP contribution is 2.28. The lowest BCUT2D eigenvalue weighted by molar-refractivity contribution is -0.116. The van der Waals surface area contributed by atoms with Gasteiger partial charge in [0.2, 0.25) is 5.91 Å². The maximum absolute atomic E-state index is 12.9. The van der Waals surface area contributed by atoms with Crippen molar-refractivity contribution in [3.63, 3.8) is 0 Å². The van der Waals surface area contributed by atoms with E-state index in [1.54, 1.807) is 30.3 Å². The Kier molecular flexibility index (Phi) is 11.7. The van der Waals surface area contributed by atoms with Crippen LogP contribution in [0.1, 0.15) is 46.7 Å². The van der Waals surface area contributed by atoms with Crippen molar-refractivity contribution in [2.45, 2.75) is 39.5 Å². The minimum absolute atomic E-state index is 0.0548. The number of rotatable bonds is 13. The number of carbonyl (C=O) groups excluding carboxylic acids is 2. The van der Waals surface area contributed by atoms with Crippen molar-refractivity contribution >= 4 is 62.9 Å². The molecule has 3 aromatic heterocycles. The highest BCUT2D eigenvalue weighted by molar-refractivity contribution is 7.17. The Balaban J connectivity index is 0.906. The molecule has 2 amide bonds. The van der Waals surface area contributed by atoms with E-state index in [2.05, 4.69) is 45.7 Å². The van der Waals surface area contributed by atoms with Gasteiger partial charge in [-0.15, -0.1) is 0 Å². The average molecular weight is 743 g/mol. The van der Waals surface area contributed by atoms with Gasteiger partial charge < -0.3 is 20.9 Å². The molecule has 1 saturated heterocycles. The molecule has 0 atom stereocenters. The molecule has 0 spiro atoms. The van der Waals surface area contributed by atoms with Gasteiger partial charge in [0, 0.05) is 56.6 Å². The van der Waals surface area contributed by atoms with Crippen molar-refractivity contribution in [2.24, 2.45) is 0 Å². The molecule has 0 bridgehead atoms. The first-order valence-electron chi connectivity index (χ1n) is 17.0. The first kappa shape index (κ1) is 36.4. The summed E-state index contributed by atoms with van der Waals surface area (Å²) in [5.74, 6) is 1.74. The van der Waals surface area contributed by atoms with Gasteiger partial charge >= 0.3 is 5.69 Å². The number of aromatic amines is 1. The van der Waals surface area contributed by atoms with Crippen LogP contribution in [0.5, 0.6) is 0 Å². The van der Waals surface area contributed by atoms with Crippen molar-refractivity contribution in [1.82, 2.24) is 29.4 Å². The molecule has 270 valence electrons. The number of thiazole rings is 1. The number of hydrogen-bond donors (Lipinski definition) is 4. The zero-order valence-electron chi connectivity index (χ0n) is 28.8. The summed E-state index contributed by atoms with van der Waals surface area (Å²) < 4.78 is 1.33. The van der Waals surface area contributed by atoms with Crippen LogP contribution in [0, 0.1) is 13.8 Å². The van der Waals surface area contributed by atoms with E-state index in [-0.39, 0.29) is 11.8 Å². The molecule has 4 N–H and O–H groups in total. The van der Waals surface area contributed by atoms with Crippen LogP contribution < -0.4 is 32.1 Å². The van der Waals surface area contributed by atoms with Gasteiger partial charge in [-0.05, 0) is 69.1 Å². The van der Waals surface area contributed by atoms with Gasteiger partial charge in [-0.25, -0.2) is 19.7 Å². The van der Waals surface area contributed by atoms with E-state index in [4.69, 9.17) is 11.6 Å². The summed E-state index contributed by atoms with van der Waals surface area (Å²) in [7, 11) is 0. The number of hydrogen-bond acceptors (Lipinski definition) is 11. The summed E-state index contributed by atoms with van der Waals surface area (Å²) >= 11 is 7.51. The fourth-order valence-corrected chi connectivity index (χ4v) is 6.82. The molecular weight excluding hydrogens is 704 g/mol. The second-order valence-electron chi connectivity index (χ2n) is 12.4. The number of amides is 2. The van der Waals surface area contributed by atoms with Crippen molar-refractivity contribution in [3.8, 4) is 5.69 Å². The molecule has 1 aliphatic heterocycles. The highest BCUT2D eigenvalue weighted by atomic mass is 35.5. The number of nitrogens with one attached hydrogen (secondary N) is 4. The number of benzene rings is 2. The third-order valence-corrected chi connectivity index (χ3v) is 9.80. The number of aromatic nitrogens is 5. The fraction of sp³-hybridized carbons (Fsp3) is 0.306. The Labute approximate surface area is 308 Å². The van der Waals surface area contributed by atoms with Crippen molar-refractivity contribution < 1.29 is 9.59 Å². The second kappa shape index (κ2) is 16.8. The van der Waals surface area contributed by atoms with Crippen LogP contribution in [0.25, 0.3) is 5.69 Å². The average Bonchev–Trinajstić information content (AvgIpc) is 3.59. The fourth-order valence-electron chi connectivity index (χ4n) is 5.84. The van der Waals surface area contributed by atoms with E-state index in [1.807, 2.05) is 32.0 Å². The molecule has 2 aromatic carbocycles. The van der Waals surface area contributed by atoms with Crippen LogP contribution in [-0.4, -0.2) is 73.9 Å². The molecule has 5 aromatic rings. The molecule has 14 nitrogen and oxygen atoms in total. The zero-order chi connectivity index (χ0) is 36.6. The Morgan fingerprint density at radius 3 is 2.48 bits per heavy atom. The Bertz CT molecular complexity index is 2140. The van der Waals surface area contributed by atoms with Crippen LogP contribution in [-0.2, 0) is 4.79 Å². The van der Waals surface area contributed by atoms with Gasteiger partial charge in [0.15, 0.2) is 5.13 Å². The molecule has 0 saturated carbocycles. The quantitative estimate of drug-likeness (QED) is 0.115. The summed E-state index contributed by atoms with van der Waals surface area (Å²) in [4.78, 5) is 69.6. The number of aryl methyl sites for hydroxylation is 2. The molecule has 52 heavy (non-hydrogen) atoms. The standard InChI is InChI=1S/C36H39ClN10O4S/c1-23-7-6-8-27(37)33(23)44-34(50)28-22-38-35(52-28)42-29-21-30(40-24(2)39-29)46-19-17-45(18-20-46)15-5-3-4-9-31(48)41-25-10-12-26(13-11-25)47-16-14-32(49)43-36(47)51/h6-8,10-14,16,21-22H,3-5,9,15,17-20H2,1-2H3,(H,41,48)(H,44,50)(H,43,49,51)(H,38,39,40,42). The van der Waals surface area contributed by atoms with E-state index < -0.39 is 11.2 Å². The summed E-state index contributed by atoms with van der Waals surface area (Å²) in [6, 6.07) is 15.5. The van der Waals surface area contributed by atoms with Crippen LogP contribution in [0.15, 0.2) is 76.6 Å². The monoisotopic (exact) mass is 742 g/mol. The molecule has 16 heteroatoms. The number of halogens is 1. The molecule has 0 unspecified atom stereocenters. The van der Waals surface area contributed by atoms with Crippen LogP contribution in [0.2, 0.25) is 5.02 Å². The zero-order valence-corrected chi connectivity index (χ0v) is 30.4. The smallest absolute Gasteiger partial charge is 0.332 e. The molecular formula is C36H39ClN10O4S. The number of carbonyl (C=O) groups is 2. The largest absolute Gasteiger partial charge is 0.354 e. The highest BCUT2D eigenvalue weighted by Gasteiger charge is 2.20. The predicted octanol–water partition coefficient (Wildman–Crippen LogP) is 5.36. The number of unbranched alkanes of at least 4 members (excludes halogenated alkanes) is 2. The third-order valence-electron chi connectivity index (χ3n) is 8.58. The van der Waals surface area contributed by atoms with Crippen LogP contribution in [0.3, 0.4) is 0 Å². The van der Waals surface area contributed by atoms with Crippen molar-refractivity contribution in [3.05, 3.63) is 109 Å². The molecule has 6 rings (SSSR count). The summed E-state index contributed by atoms with van der Waals surface area (Å²) in [6.07, 6.45) is 6.11. The number of H-pyrrole nitrogens is 1. The number of para-hydroxylation sites is 1. The lowest BCUT2D eigenvalue weighted by Crippen LogP contribution is -2.47. The van der Waals surface area contributed by atoms with E-state index >= 15 is 0 Å². The first-order chi connectivity index (χ1) is 25.1. The second-order valence-corrected chi connectivity index (χ2v) is 13.9. The van der Waals surface area contributed by atoms with Crippen molar-refractivity contribution in [2.75, 3.05) is 53.6 Å². The Morgan fingerprint density at radius 2 is 1.73 bits per heavy atom. The molecule has 0 aliphatic carbocycles. The number of piperazine rings is 1. The van der Waals surface area contributed by atoms with Gasteiger partial charge in [0.05, 0.1) is 22.6 Å². The maximum atomic E-state index is 12.9. The van der Waals surface area contributed by atoms with Gasteiger partial charge in [-0.1, -0.05) is 41.5 Å². The number of anilines is 5. The third kappa shape index (κ3) is 9.48. The van der Waals surface area contributed by atoms with Gasteiger partial charge in [0.25, 0.3) is 11.5 Å². The topological polar surface area (TPSA) is 170 Å². The minimum atomic E-state index is -0.521. The van der Waals surface area contributed by atoms with Gasteiger partial charge in [-0.3, -0.25) is 28.8 Å². The molecule has 0 radical (unpaired) electrons. The lowest BCUT2D eigenvalue weighted by Gasteiger charge is -2.35. The maximum Gasteiger partial charge on any atom is 0.332 e. The Hall–Kier alpha value is -5.38. The summed E-state index contributed by atoms with van der Waals surface area (Å²) in [6.45, 7) is 8.18. The van der Waals surface area contributed by atoms with E-state index in [9.17, 15) is 19.2 Å². The lowest BCUT2D eigenvalue weighted by atomic mass is 10.1. The van der Waals surface area contributed by atoms with Crippen LogP contribution in [0.4, 0.5) is 28.1 Å². The van der Waals surface area contributed by atoms with E-state index in [0.29, 0.717) is 50.2 Å². The van der Waals surface area contributed by atoms with E-state index in [0.717, 1.165) is 63.4 Å². The summed E-state index contributed by atoms with van der Waals surface area (Å²) in [5.41, 5.74) is 1.72. The molecule has 1 fully saturated rings. The van der Waals surface area contributed by atoms with Crippen LogP contribution >= 0.6 is 22.9 Å². The van der Waals surface area contributed by atoms with E-state index in [1.165, 1.54) is 34.4 Å². The SMILES string of the molecule is Cc1nc(Nc2ncc(C(=O)Nc3c(C)cccc3Cl)s2)cc(N2CCN(CCCCCC(=O)Nc3ccc(-n4ccc(=O)[nH]c4=O)cc3)CC2)n1. The van der Waals surface area contributed by atoms with Gasteiger partial charge in [-0.2, -0.15) is 0 Å². The normalized spacial score (nSPS) is 13.2. The minimum Gasteiger partial charge on any atom is -0.354 e. The first-order valence-corrected chi connectivity index (χ1v) is 18.2. The predicted molar refractivity (Wildman–Crippen MR) is 205 cm³/mol. The molecule has 1 aliphatic rings. The summed E-state index contributed by atoms with van der Waals surface area (Å²) in [5, 5.41) is 10.0.